The first-order valence-electron chi connectivity index (χ1n) is 4.93. The van der Waals surface area contributed by atoms with E-state index in [1.807, 2.05) is 0 Å². The van der Waals surface area contributed by atoms with E-state index in [-0.39, 0.29) is 12.5 Å². The smallest absolute Gasteiger partial charge is 0.264 e. The van der Waals surface area contributed by atoms with E-state index in [2.05, 4.69) is 5.32 Å². The highest BCUT2D eigenvalue weighted by Crippen LogP contribution is 2.34. The van der Waals surface area contributed by atoms with E-state index < -0.39 is 6.10 Å². The summed E-state index contributed by atoms with van der Waals surface area (Å²) in [4.78, 5) is 11.4. The lowest BCUT2D eigenvalue weighted by Crippen LogP contribution is -2.42. The summed E-state index contributed by atoms with van der Waals surface area (Å²) in [6.45, 7) is 0.221. The molecule has 16 heavy (non-hydrogen) atoms. The topological polar surface area (TPSA) is 56.8 Å². The first-order chi connectivity index (χ1) is 7.74. The van der Waals surface area contributed by atoms with Crippen molar-refractivity contribution in [3.8, 4) is 17.2 Å². The van der Waals surface area contributed by atoms with Gasteiger partial charge in [-0.25, -0.2) is 0 Å². The summed E-state index contributed by atoms with van der Waals surface area (Å²) in [6, 6.07) is 5.24. The Hall–Kier alpha value is -1.91. The van der Waals surface area contributed by atoms with Crippen LogP contribution in [-0.4, -0.2) is 32.8 Å². The quantitative estimate of drug-likeness (QED) is 0.796. The lowest BCUT2D eigenvalue weighted by atomic mass is 10.2. The van der Waals surface area contributed by atoms with Crippen molar-refractivity contribution in [3.63, 3.8) is 0 Å². The minimum atomic E-state index is -0.607. The molecular formula is C11H13NO4. The molecule has 1 amide bonds. The largest absolute Gasteiger partial charge is 0.497 e. The number of carbonyl (C=O) groups excluding carboxylic acids is 1. The maximum absolute atomic E-state index is 11.4. The third-order valence-electron chi connectivity index (χ3n) is 2.35. The fraction of sp³-hybridized carbons (Fsp3) is 0.364. The molecule has 0 aliphatic carbocycles. The molecule has 0 aromatic heterocycles. The second-order valence-corrected chi connectivity index (χ2v) is 3.34. The molecule has 86 valence electrons. The van der Waals surface area contributed by atoms with Crippen molar-refractivity contribution in [1.29, 1.82) is 0 Å². The lowest BCUT2D eigenvalue weighted by Gasteiger charge is -2.25. The van der Waals surface area contributed by atoms with Gasteiger partial charge in [0.25, 0.3) is 5.91 Å². The number of hydrogen-bond donors (Lipinski definition) is 1. The molecule has 0 spiro atoms. The van der Waals surface area contributed by atoms with E-state index in [1.54, 1.807) is 32.4 Å². The van der Waals surface area contributed by atoms with Crippen LogP contribution in [0.3, 0.4) is 0 Å². The average Bonchev–Trinajstić information content (AvgIpc) is 2.36. The number of amides is 1. The second-order valence-electron chi connectivity index (χ2n) is 3.34. The molecule has 5 nitrogen and oxygen atoms in total. The fourth-order valence-corrected chi connectivity index (χ4v) is 1.47. The van der Waals surface area contributed by atoms with Crippen molar-refractivity contribution in [2.45, 2.75) is 6.10 Å². The molecule has 1 unspecified atom stereocenters. The number of rotatable bonds is 2. The van der Waals surface area contributed by atoms with Crippen LogP contribution < -0.4 is 19.5 Å². The molecular weight excluding hydrogens is 210 g/mol. The summed E-state index contributed by atoms with van der Waals surface area (Å²) in [5.41, 5.74) is 0. The van der Waals surface area contributed by atoms with Crippen LogP contribution in [0.5, 0.6) is 17.2 Å². The van der Waals surface area contributed by atoms with Crippen molar-refractivity contribution in [1.82, 2.24) is 5.32 Å². The summed E-state index contributed by atoms with van der Waals surface area (Å²) in [5.74, 6) is 1.62. The second kappa shape index (κ2) is 4.30. The predicted molar refractivity (Wildman–Crippen MR) is 57.0 cm³/mol. The van der Waals surface area contributed by atoms with Crippen molar-refractivity contribution < 1.29 is 19.0 Å². The summed E-state index contributed by atoms with van der Waals surface area (Å²) < 4.78 is 16.0. The minimum Gasteiger partial charge on any atom is -0.497 e. The third kappa shape index (κ3) is 1.88. The standard InChI is InChI=1S/C11H13NO4/c1-12-11(13)10-6-15-8-4-3-7(14-2)5-9(8)16-10/h3-5,10H,6H2,1-2H3,(H,12,13). The van der Waals surface area contributed by atoms with Crippen LogP contribution in [0.4, 0.5) is 0 Å². The first kappa shape index (κ1) is 10.6. The van der Waals surface area contributed by atoms with Gasteiger partial charge in [-0.3, -0.25) is 4.79 Å². The van der Waals surface area contributed by atoms with Gasteiger partial charge in [-0.2, -0.15) is 0 Å². The van der Waals surface area contributed by atoms with Gasteiger partial charge in [0, 0.05) is 13.1 Å². The average molecular weight is 223 g/mol. The maximum Gasteiger partial charge on any atom is 0.264 e. The number of likely N-dealkylation sites (N-methyl/N-ethyl adjacent to an activating group) is 1. The van der Waals surface area contributed by atoms with Gasteiger partial charge in [-0.15, -0.1) is 0 Å². The Bertz CT molecular complexity index is 405. The minimum absolute atomic E-state index is 0.200. The molecule has 1 aliphatic rings. The molecule has 1 aliphatic heterocycles. The third-order valence-corrected chi connectivity index (χ3v) is 2.35. The first-order valence-corrected chi connectivity index (χ1v) is 4.93. The summed E-state index contributed by atoms with van der Waals surface area (Å²) in [7, 11) is 3.13. The summed E-state index contributed by atoms with van der Waals surface area (Å²) >= 11 is 0. The monoisotopic (exact) mass is 223 g/mol. The number of fused-ring (bicyclic) bond motifs is 1. The lowest BCUT2D eigenvalue weighted by molar-refractivity contribution is -0.129. The van der Waals surface area contributed by atoms with Crippen molar-refractivity contribution >= 4 is 5.91 Å². The van der Waals surface area contributed by atoms with Crippen LogP contribution >= 0.6 is 0 Å². The SMILES string of the molecule is CNC(=O)C1COc2ccc(OC)cc2O1. The van der Waals surface area contributed by atoms with Gasteiger partial charge < -0.3 is 19.5 Å². The zero-order valence-electron chi connectivity index (χ0n) is 9.15. The van der Waals surface area contributed by atoms with Crippen LogP contribution in [0.2, 0.25) is 0 Å². The van der Waals surface area contributed by atoms with Crippen LogP contribution in [0.25, 0.3) is 0 Å². The number of ether oxygens (including phenoxy) is 3. The van der Waals surface area contributed by atoms with E-state index >= 15 is 0 Å². The van der Waals surface area contributed by atoms with Gasteiger partial charge in [0.2, 0.25) is 6.10 Å². The zero-order valence-corrected chi connectivity index (χ0v) is 9.15. The van der Waals surface area contributed by atoms with Gasteiger partial charge in [0.05, 0.1) is 7.11 Å². The molecule has 0 radical (unpaired) electrons. The Morgan fingerprint density at radius 3 is 3.00 bits per heavy atom. The van der Waals surface area contributed by atoms with Crippen molar-refractivity contribution in [2.75, 3.05) is 20.8 Å². The number of benzene rings is 1. The molecule has 0 bridgehead atoms. The molecule has 5 heteroatoms. The van der Waals surface area contributed by atoms with Crippen LogP contribution in [-0.2, 0) is 4.79 Å². The Morgan fingerprint density at radius 1 is 1.50 bits per heavy atom. The molecule has 1 aromatic carbocycles. The number of hydrogen-bond acceptors (Lipinski definition) is 4. The maximum atomic E-state index is 11.4. The summed E-state index contributed by atoms with van der Waals surface area (Å²) in [5, 5.41) is 2.52. The highest BCUT2D eigenvalue weighted by atomic mass is 16.6. The van der Waals surface area contributed by atoms with Gasteiger partial charge >= 0.3 is 0 Å². The molecule has 0 fully saturated rings. The Morgan fingerprint density at radius 2 is 2.31 bits per heavy atom. The predicted octanol–water partition coefficient (Wildman–Crippen LogP) is 0.581. The van der Waals surface area contributed by atoms with Crippen molar-refractivity contribution in [2.24, 2.45) is 0 Å². The van der Waals surface area contributed by atoms with Crippen molar-refractivity contribution in [3.05, 3.63) is 18.2 Å². The molecule has 1 atom stereocenters. The van der Waals surface area contributed by atoms with E-state index in [0.717, 1.165) is 0 Å². The van der Waals surface area contributed by atoms with Gasteiger partial charge in [0.15, 0.2) is 11.5 Å². The van der Waals surface area contributed by atoms with Gasteiger partial charge in [-0.1, -0.05) is 0 Å². The van der Waals surface area contributed by atoms with Crippen LogP contribution in [0.15, 0.2) is 18.2 Å². The van der Waals surface area contributed by atoms with Crippen LogP contribution in [0.1, 0.15) is 0 Å². The van der Waals surface area contributed by atoms with Gasteiger partial charge in [-0.05, 0) is 12.1 Å². The van der Waals surface area contributed by atoms with E-state index in [0.29, 0.717) is 17.2 Å². The highest BCUT2D eigenvalue weighted by molar-refractivity contribution is 5.81. The van der Waals surface area contributed by atoms with E-state index in [1.165, 1.54) is 0 Å². The Kier molecular flexibility index (Phi) is 2.85. The van der Waals surface area contributed by atoms with Gasteiger partial charge in [0.1, 0.15) is 12.4 Å². The summed E-state index contributed by atoms with van der Waals surface area (Å²) in [6.07, 6.45) is -0.607. The molecule has 1 N–H and O–H groups in total. The number of methoxy groups -OCH3 is 1. The Balaban J connectivity index is 2.21. The number of nitrogens with one attached hydrogen (secondary N) is 1. The Labute approximate surface area is 93.3 Å². The molecule has 1 aromatic rings. The molecule has 0 saturated carbocycles. The number of carbonyl (C=O) groups is 1. The fourth-order valence-electron chi connectivity index (χ4n) is 1.47. The van der Waals surface area contributed by atoms with E-state index in [4.69, 9.17) is 14.2 Å². The molecule has 0 saturated heterocycles. The zero-order chi connectivity index (χ0) is 11.5. The molecule has 1 heterocycles. The van der Waals surface area contributed by atoms with Crippen LogP contribution in [0, 0.1) is 0 Å². The molecule has 2 rings (SSSR count). The highest BCUT2D eigenvalue weighted by Gasteiger charge is 2.26. The van der Waals surface area contributed by atoms with E-state index in [9.17, 15) is 4.79 Å². The normalized spacial score (nSPS) is 17.8.